The van der Waals surface area contributed by atoms with Gasteiger partial charge in [0.2, 0.25) is 0 Å². The molecule has 2 heterocycles. The van der Waals surface area contributed by atoms with Crippen LogP contribution in [0.1, 0.15) is 5.69 Å². The average Bonchev–Trinajstić information content (AvgIpc) is 3.09. The van der Waals surface area contributed by atoms with Gasteiger partial charge in [-0.15, -0.1) is 0 Å². The molecule has 1 aromatic carbocycles. The van der Waals surface area contributed by atoms with E-state index in [1.807, 2.05) is 54.7 Å². The standard InChI is InChI=1S/C16H15N5O/c22-16(18-12-14-5-1-2-8-17-14)20-13-6-3-7-15(11-13)21-10-4-9-19-21/h1-11H,12H2,(H2,18,20,22). The van der Waals surface area contributed by atoms with Crippen molar-refractivity contribution in [1.82, 2.24) is 20.1 Å². The minimum atomic E-state index is -0.275. The summed E-state index contributed by atoms with van der Waals surface area (Å²) in [4.78, 5) is 16.1. The number of aromatic nitrogens is 3. The molecule has 3 aromatic rings. The number of benzene rings is 1. The Hall–Kier alpha value is -3.15. The first-order chi connectivity index (χ1) is 10.8. The molecule has 0 bridgehead atoms. The molecule has 0 spiro atoms. The van der Waals surface area contributed by atoms with E-state index in [0.29, 0.717) is 12.2 Å². The number of nitrogens with zero attached hydrogens (tertiary/aromatic N) is 3. The molecule has 6 nitrogen and oxygen atoms in total. The van der Waals surface area contributed by atoms with E-state index >= 15 is 0 Å². The molecular formula is C16H15N5O. The molecule has 0 saturated heterocycles. The van der Waals surface area contributed by atoms with E-state index in [1.165, 1.54) is 0 Å². The van der Waals surface area contributed by atoms with Gasteiger partial charge in [-0.3, -0.25) is 4.98 Å². The average molecular weight is 293 g/mol. The highest BCUT2D eigenvalue weighted by Gasteiger charge is 2.03. The zero-order valence-electron chi connectivity index (χ0n) is 11.8. The first-order valence-corrected chi connectivity index (χ1v) is 6.86. The summed E-state index contributed by atoms with van der Waals surface area (Å²) in [6.07, 6.45) is 5.25. The van der Waals surface area contributed by atoms with Gasteiger partial charge in [0, 0.05) is 24.3 Å². The highest BCUT2D eigenvalue weighted by Crippen LogP contribution is 2.13. The summed E-state index contributed by atoms with van der Waals surface area (Å²) in [5.41, 5.74) is 2.39. The van der Waals surface area contributed by atoms with Gasteiger partial charge in [0.15, 0.2) is 0 Å². The molecule has 0 radical (unpaired) electrons. The normalized spacial score (nSPS) is 10.2. The minimum absolute atomic E-state index is 0.275. The summed E-state index contributed by atoms with van der Waals surface area (Å²) in [5.74, 6) is 0. The molecular weight excluding hydrogens is 278 g/mol. The molecule has 0 aliphatic rings. The SMILES string of the molecule is O=C(NCc1ccccn1)Nc1cccc(-n2cccn2)c1. The van der Waals surface area contributed by atoms with Gasteiger partial charge >= 0.3 is 6.03 Å². The van der Waals surface area contributed by atoms with Crippen LogP contribution in [0.3, 0.4) is 0 Å². The summed E-state index contributed by atoms with van der Waals surface area (Å²) < 4.78 is 1.73. The molecule has 2 amide bonds. The molecule has 0 aliphatic carbocycles. The first-order valence-electron chi connectivity index (χ1n) is 6.86. The Morgan fingerprint density at radius 1 is 1.09 bits per heavy atom. The lowest BCUT2D eigenvalue weighted by molar-refractivity contribution is 0.251. The number of hydrogen-bond acceptors (Lipinski definition) is 3. The van der Waals surface area contributed by atoms with Crippen molar-refractivity contribution in [1.29, 1.82) is 0 Å². The summed E-state index contributed by atoms with van der Waals surface area (Å²) in [6, 6.07) is 14.6. The Labute approximate surface area is 127 Å². The number of nitrogens with one attached hydrogen (secondary N) is 2. The lowest BCUT2D eigenvalue weighted by Gasteiger charge is -2.09. The van der Waals surface area contributed by atoms with Gasteiger partial charge in [0.25, 0.3) is 0 Å². The molecule has 2 N–H and O–H groups in total. The van der Waals surface area contributed by atoms with Crippen LogP contribution in [-0.4, -0.2) is 20.8 Å². The Morgan fingerprint density at radius 2 is 2.05 bits per heavy atom. The number of carbonyl (C=O) groups excluding carboxylic acids is 1. The van der Waals surface area contributed by atoms with E-state index in [-0.39, 0.29) is 6.03 Å². The van der Waals surface area contributed by atoms with Crippen molar-refractivity contribution < 1.29 is 4.79 Å². The third-order valence-electron chi connectivity index (χ3n) is 3.03. The van der Waals surface area contributed by atoms with Gasteiger partial charge < -0.3 is 10.6 Å². The van der Waals surface area contributed by atoms with Crippen LogP contribution in [0.2, 0.25) is 0 Å². The Balaban J connectivity index is 1.61. The highest BCUT2D eigenvalue weighted by molar-refractivity contribution is 5.89. The lowest BCUT2D eigenvalue weighted by atomic mass is 10.3. The van der Waals surface area contributed by atoms with Crippen LogP contribution in [0.4, 0.5) is 10.5 Å². The summed E-state index contributed by atoms with van der Waals surface area (Å²) >= 11 is 0. The molecule has 3 rings (SSSR count). The topological polar surface area (TPSA) is 71.8 Å². The van der Waals surface area contributed by atoms with Crippen molar-refractivity contribution in [2.45, 2.75) is 6.54 Å². The van der Waals surface area contributed by atoms with E-state index in [1.54, 1.807) is 17.1 Å². The van der Waals surface area contributed by atoms with Crippen molar-refractivity contribution in [3.8, 4) is 5.69 Å². The number of urea groups is 1. The minimum Gasteiger partial charge on any atom is -0.332 e. The summed E-state index contributed by atoms with van der Waals surface area (Å²) in [7, 11) is 0. The highest BCUT2D eigenvalue weighted by atomic mass is 16.2. The number of anilines is 1. The van der Waals surface area contributed by atoms with Gasteiger partial charge in [-0.25, -0.2) is 9.48 Å². The van der Waals surface area contributed by atoms with E-state index in [4.69, 9.17) is 0 Å². The Kier molecular flexibility index (Phi) is 4.10. The molecule has 0 aliphatic heterocycles. The van der Waals surface area contributed by atoms with Crippen LogP contribution < -0.4 is 10.6 Å². The molecule has 2 aromatic heterocycles. The lowest BCUT2D eigenvalue weighted by Crippen LogP contribution is -2.28. The van der Waals surface area contributed by atoms with Crippen molar-refractivity contribution in [3.05, 3.63) is 72.8 Å². The van der Waals surface area contributed by atoms with Crippen LogP contribution in [0.25, 0.3) is 5.69 Å². The maximum absolute atomic E-state index is 11.9. The molecule has 6 heteroatoms. The zero-order chi connectivity index (χ0) is 15.2. The number of hydrogen-bond donors (Lipinski definition) is 2. The predicted molar refractivity (Wildman–Crippen MR) is 83.7 cm³/mol. The van der Waals surface area contributed by atoms with Crippen LogP contribution in [-0.2, 0) is 6.54 Å². The zero-order valence-corrected chi connectivity index (χ0v) is 11.8. The smallest absolute Gasteiger partial charge is 0.319 e. The fourth-order valence-corrected chi connectivity index (χ4v) is 2.00. The number of amides is 2. The predicted octanol–water partition coefficient (Wildman–Crippen LogP) is 2.59. The second-order valence-corrected chi connectivity index (χ2v) is 4.63. The third kappa shape index (κ3) is 3.49. The van der Waals surface area contributed by atoms with Gasteiger partial charge in [0.1, 0.15) is 0 Å². The van der Waals surface area contributed by atoms with Gasteiger partial charge in [-0.05, 0) is 36.4 Å². The van der Waals surface area contributed by atoms with Crippen molar-refractivity contribution in [3.63, 3.8) is 0 Å². The molecule has 0 atom stereocenters. The van der Waals surface area contributed by atoms with Gasteiger partial charge in [-0.2, -0.15) is 5.10 Å². The van der Waals surface area contributed by atoms with E-state index in [2.05, 4.69) is 20.7 Å². The van der Waals surface area contributed by atoms with Crippen LogP contribution >= 0.6 is 0 Å². The molecule has 0 saturated carbocycles. The van der Waals surface area contributed by atoms with Crippen molar-refractivity contribution in [2.75, 3.05) is 5.32 Å². The van der Waals surface area contributed by atoms with Crippen molar-refractivity contribution >= 4 is 11.7 Å². The van der Waals surface area contributed by atoms with Crippen LogP contribution in [0.15, 0.2) is 67.1 Å². The van der Waals surface area contributed by atoms with Crippen LogP contribution in [0.5, 0.6) is 0 Å². The van der Waals surface area contributed by atoms with Crippen molar-refractivity contribution in [2.24, 2.45) is 0 Å². The van der Waals surface area contributed by atoms with E-state index < -0.39 is 0 Å². The second-order valence-electron chi connectivity index (χ2n) is 4.63. The second kappa shape index (κ2) is 6.53. The van der Waals surface area contributed by atoms with E-state index in [9.17, 15) is 4.79 Å². The number of carbonyl (C=O) groups is 1. The summed E-state index contributed by atoms with van der Waals surface area (Å²) in [5, 5.41) is 9.73. The fraction of sp³-hybridized carbons (Fsp3) is 0.0625. The monoisotopic (exact) mass is 293 g/mol. The Morgan fingerprint density at radius 3 is 2.82 bits per heavy atom. The fourth-order valence-electron chi connectivity index (χ4n) is 2.00. The molecule has 0 fully saturated rings. The third-order valence-corrected chi connectivity index (χ3v) is 3.03. The Bertz CT molecular complexity index is 740. The quantitative estimate of drug-likeness (QED) is 0.776. The summed E-state index contributed by atoms with van der Waals surface area (Å²) in [6.45, 7) is 0.380. The maximum atomic E-state index is 11.9. The maximum Gasteiger partial charge on any atom is 0.319 e. The molecule has 0 unspecified atom stereocenters. The van der Waals surface area contributed by atoms with Gasteiger partial charge in [0.05, 0.1) is 17.9 Å². The van der Waals surface area contributed by atoms with E-state index in [0.717, 1.165) is 11.4 Å². The van der Waals surface area contributed by atoms with Gasteiger partial charge in [-0.1, -0.05) is 12.1 Å². The first kappa shape index (κ1) is 13.8. The molecule has 110 valence electrons. The number of pyridine rings is 1. The van der Waals surface area contributed by atoms with Crippen LogP contribution in [0, 0.1) is 0 Å². The largest absolute Gasteiger partial charge is 0.332 e. The molecule has 22 heavy (non-hydrogen) atoms. The number of rotatable bonds is 4.